The first-order valence-electron chi connectivity index (χ1n) is 6.32. The van der Waals surface area contributed by atoms with E-state index in [1.54, 1.807) is 0 Å². The van der Waals surface area contributed by atoms with Gasteiger partial charge in [-0.3, -0.25) is 14.9 Å². The number of para-hydroxylation sites is 1. The fourth-order valence-corrected chi connectivity index (χ4v) is 2.12. The Morgan fingerprint density at radius 2 is 2.26 bits per heavy atom. The molecule has 1 fully saturated rings. The molecule has 1 atom stereocenters. The van der Waals surface area contributed by atoms with Gasteiger partial charge in [-0.05, 0) is 25.3 Å². The van der Waals surface area contributed by atoms with Crippen LogP contribution in [0.1, 0.15) is 36.5 Å². The van der Waals surface area contributed by atoms with Gasteiger partial charge < -0.3 is 11.1 Å². The lowest BCUT2D eigenvalue weighted by Gasteiger charge is -2.14. The molecule has 6 heteroatoms. The van der Waals surface area contributed by atoms with E-state index in [1.165, 1.54) is 31.0 Å². The molecular formula is C13H17N3O3. The summed E-state index contributed by atoms with van der Waals surface area (Å²) in [5.74, 6) is 0.354. The number of nitrogen functional groups attached to an aromatic ring is 1. The fourth-order valence-electron chi connectivity index (χ4n) is 2.12. The van der Waals surface area contributed by atoms with Gasteiger partial charge in [-0.25, -0.2) is 0 Å². The molecule has 102 valence electrons. The van der Waals surface area contributed by atoms with E-state index in [2.05, 4.69) is 5.32 Å². The Morgan fingerprint density at radius 1 is 1.58 bits per heavy atom. The van der Waals surface area contributed by atoms with E-state index in [4.69, 9.17) is 5.73 Å². The second kappa shape index (κ2) is 5.26. The lowest BCUT2D eigenvalue weighted by atomic mass is 10.1. The minimum Gasteiger partial charge on any atom is -0.393 e. The van der Waals surface area contributed by atoms with Crippen LogP contribution in [-0.4, -0.2) is 16.9 Å². The lowest BCUT2D eigenvalue weighted by Crippen LogP contribution is -2.33. The van der Waals surface area contributed by atoms with Gasteiger partial charge in [-0.15, -0.1) is 0 Å². The number of nitrogens with zero attached hydrogens (tertiary/aromatic N) is 1. The van der Waals surface area contributed by atoms with Crippen LogP contribution in [0.25, 0.3) is 0 Å². The predicted molar refractivity (Wildman–Crippen MR) is 71.8 cm³/mol. The van der Waals surface area contributed by atoms with Crippen LogP contribution in [0.5, 0.6) is 0 Å². The highest BCUT2D eigenvalue weighted by atomic mass is 16.6. The van der Waals surface area contributed by atoms with Crippen molar-refractivity contribution in [2.45, 2.75) is 32.2 Å². The Morgan fingerprint density at radius 3 is 2.84 bits per heavy atom. The van der Waals surface area contributed by atoms with Gasteiger partial charge in [0, 0.05) is 12.1 Å². The molecule has 0 radical (unpaired) electrons. The second-order valence-corrected chi connectivity index (χ2v) is 5.05. The minimum absolute atomic E-state index is 0.0543. The van der Waals surface area contributed by atoms with Crippen molar-refractivity contribution in [2.75, 3.05) is 5.73 Å². The summed E-state index contributed by atoms with van der Waals surface area (Å²) >= 11 is 0. The van der Waals surface area contributed by atoms with E-state index in [0.717, 1.165) is 6.42 Å². The van der Waals surface area contributed by atoms with E-state index in [0.29, 0.717) is 5.92 Å². The Kier molecular flexibility index (Phi) is 3.69. The Hall–Kier alpha value is -2.11. The zero-order valence-electron chi connectivity index (χ0n) is 10.8. The van der Waals surface area contributed by atoms with Crippen LogP contribution in [0.3, 0.4) is 0 Å². The summed E-state index contributed by atoms with van der Waals surface area (Å²) in [6, 6.07) is 4.31. The molecular weight excluding hydrogens is 246 g/mol. The monoisotopic (exact) mass is 263 g/mol. The summed E-state index contributed by atoms with van der Waals surface area (Å²) in [5.41, 5.74) is 5.52. The van der Waals surface area contributed by atoms with Crippen LogP contribution < -0.4 is 11.1 Å². The molecule has 2 rings (SSSR count). The first-order valence-corrected chi connectivity index (χ1v) is 6.32. The van der Waals surface area contributed by atoms with Crippen molar-refractivity contribution in [1.29, 1.82) is 0 Å². The van der Waals surface area contributed by atoms with Gasteiger partial charge in [0.1, 0.15) is 5.69 Å². The van der Waals surface area contributed by atoms with Gasteiger partial charge in [0.15, 0.2) is 0 Å². The van der Waals surface area contributed by atoms with Crippen LogP contribution in [0.15, 0.2) is 18.2 Å². The number of carbonyl (C=O) groups is 1. The summed E-state index contributed by atoms with van der Waals surface area (Å²) < 4.78 is 0. The third-order valence-corrected chi connectivity index (χ3v) is 3.29. The number of nitrogens with one attached hydrogen (secondary N) is 1. The largest absolute Gasteiger partial charge is 0.393 e. The lowest BCUT2D eigenvalue weighted by molar-refractivity contribution is -0.383. The maximum absolute atomic E-state index is 12.0. The molecule has 0 bridgehead atoms. The molecule has 1 amide bonds. The van der Waals surface area contributed by atoms with E-state index < -0.39 is 4.92 Å². The van der Waals surface area contributed by atoms with Crippen LogP contribution >= 0.6 is 0 Å². The Bertz CT molecular complexity index is 512. The summed E-state index contributed by atoms with van der Waals surface area (Å²) in [5, 5.41) is 13.6. The number of hydrogen-bond donors (Lipinski definition) is 2. The molecule has 19 heavy (non-hydrogen) atoms. The molecule has 1 aromatic carbocycles. The van der Waals surface area contributed by atoms with Crippen molar-refractivity contribution < 1.29 is 9.72 Å². The average molecular weight is 263 g/mol. The van der Waals surface area contributed by atoms with Crippen LogP contribution in [0.2, 0.25) is 0 Å². The number of nitro benzene ring substituents is 1. The van der Waals surface area contributed by atoms with Gasteiger partial charge in [0.2, 0.25) is 0 Å². The molecule has 3 N–H and O–H groups in total. The van der Waals surface area contributed by atoms with Gasteiger partial charge in [0.05, 0.1) is 10.5 Å². The summed E-state index contributed by atoms with van der Waals surface area (Å²) in [4.78, 5) is 22.2. The van der Waals surface area contributed by atoms with Gasteiger partial charge >= 0.3 is 0 Å². The first kappa shape index (κ1) is 13.3. The van der Waals surface area contributed by atoms with E-state index >= 15 is 0 Å². The fraction of sp³-hybridized carbons (Fsp3) is 0.462. The van der Waals surface area contributed by atoms with Crippen molar-refractivity contribution >= 4 is 17.3 Å². The molecule has 1 aliphatic carbocycles. The standard InChI is InChI=1S/C13H17N3O3/c1-8(7-9-5-6-9)15-13(17)10-3-2-4-11(12(10)14)16(18)19/h2-4,8-9H,5-7,14H2,1H3,(H,15,17). The molecule has 1 unspecified atom stereocenters. The maximum Gasteiger partial charge on any atom is 0.292 e. The zero-order valence-corrected chi connectivity index (χ0v) is 10.8. The van der Waals surface area contributed by atoms with Crippen molar-refractivity contribution in [1.82, 2.24) is 5.32 Å². The van der Waals surface area contributed by atoms with Gasteiger partial charge in [-0.1, -0.05) is 18.9 Å². The van der Waals surface area contributed by atoms with Gasteiger partial charge in [-0.2, -0.15) is 0 Å². The third-order valence-electron chi connectivity index (χ3n) is 3.29. The first-order chi connectivity index (χ1) is 8.99. The normalized spacial score (nSPS) is 15.8. The Labute approximate surface area is 111 Å². The van der Waals surface area contributed by atoms with Crippen molar-refractivity contribution in [2.24, 2.45) is 5.92 Å². The molecule has 1 aromatic rings. The highest BCUT2D eigenvalue weighted by Crippen LogP contribution is 2.33. The Balaban J connectivity index is 2.09. The van der Waals surface area contributed by atoms with Crippen molar-refractivity contribution in [3.05, 3.63) is 33.9 Å². The summed E-state index contributed by atoms with van der Waals surface area (Å²) in [6.45, 7) is 1.93. The van der Waals surface area contributed by atoms with E-state index in [-0.39, 0.29) is 28.9 Å². The number of carbonyl (C=O) groups excluding carboxylic acids is 1. The SMILES string of the molecule is CC(CC1CC1)NC(=O)c1cccc([N+](=O)[O-])c1N. The molecule has 1 saturated carbocycles. The quantitative estimate of drug-likeness (QED) is 0.482. The van der Waals surface area contributed by atoms with E-state index in [9.17, 15) is 14.9 Å². The highest BCUT2D eigenvalue weighted by Gasteiger charge is 2.25. The number of nitrogens with two attached hydrogens (primary N) is 1. The smallest absolute Gasteiger partial charge is 0.292 e. The molecule has 0 spiro atoms. The number of benzene rings is 1. The second-order valence-electron chi connectivity index (χ2n) is 5.05. The van der Waals surface area contributed by atoms with Crippen molar-refractivity contribution in [3.8, 4) is 0 Å². The van der Waals surface area contributed by atoms with Gasteiger partial charge in [0.25, 0.3) is 11.6 Å². The molecule has 0 saturated heterocycles. The van der Waals surface area contributed by atoms with Crippen LogP contribution in [-0.2, 0) is 0 Å². The number of nitro groups is 1. The molecule has 0 aliphatic heterocycles. The molecule has 6 nitrogen and oxygen atoms in total. The summed E-state index contributed by atoms with van der Waals surface area (Å²) in [7, 11) is 0. The van der Waals surface area contributed by atoms with Crippen molar-refractivity contribution in [3.63, 3.8) is 0 Å². The zero-order chi connectivity index (χ0) is 14.0. The maximum atomic E-state index is 12.0. The number of anilines is 1. The molecule has 1 aliphatic rings. The topological polar surface area (TPSA) is 98.3 Å². The third kappa shape index (κ3) is 3.21. The predicted octanol–water partition coefficient (Wildman–Crippen LogP) is 2.10. The molecule has 0 heterocycles. The number of rotatable bonds is 5. The minimum atomic E-state index is -0.584. The number of hydrogen-bond acceptors (Lipinski definition) is 4. The highest BCUT2D eigenvalue weighted by molar-refractivity contribution is 6.01. The molecule has 0 aromatic heterocycles. The van der Waals surface area contributed by atoms with E-state index in [1.807, 2.05) is 6.92 Å². The average Bonchev–Trinajstić information content (AvgIpc) is 3.12. The van der Waals surface area contributed by atoms with Crippen LogP contribution in [0, 0.1) is 16.0 Å². The summed E-state index contributed by atoms with van der Waals surface area (Å²) in [6.07, 6.45) is 3.39. The van der Waals surface area contributed by atoms with Crippen LogP contribution in [0.4, 0.5) is 11.4 Å². The number of amides is 1.